The van der Waals surface area contributed by atoms with Crippen molar-refractivity contribution in [2.45, 2.75) is 53.0 Å². The van der Waals surface area contributed by atoms with Crippen molar-refractivity contribution >= 4 is 12.2 Å². The van der Waals surface area contributed by atoms with E-state index >= 15 is 0 Å². The molecule has 0 spiro atoms. The Balaban J connectivity index is 3.05. The maximum atomic E-state index is 5.32. The zero-order valence-corrected chi connectivity index (χ0v) is 11.2. The highest BCUT2D eigenvalue weighted by atomic mass is 32.1. The zero-order chi connectivity index (χ0) is 11.6. The third-order valence-corrected chi connectivity index (χ3v) is 3.17. The fourth-order valence-corrected chi connectivity index (χ4v) is 1.87. The smallest absolute Gasteiger partial charge is 0.177 e. The summed E-state index contributed by atoms with van der Waals surface area (Å²) in [7, 11) is 0. The summed E-state index contributed by atoms with van der Waals surface area (Å²) in [4.78, 5) is 3.15. The Bertz CT molecular complexity index is 368. The minimum atomic E-state index is 0.154. The van der Waals surface area contributed by atoms with Crippen LogP contribution in [0.3, 0.4) is 0 Å². The minimum Gasteiger partial charge on any atom is -0.337 e. The number of aromatic nitrogens is 2. The molecule has 1 aromatic rings. The summed E-state index contributed by atoms with van der Waals surface area (Å²) in [6.07, 6.45) is 3.24. The molecule has 1 atom stereocenters. The fourth-order valence-electron chi connectivity index (χ4n) is 1.64. The molecule has 0 radical (unpaired) electrons. The van der Waals surface area contributed by atoms with Crippen LogP contribution in [-0.4, -0.2) is 9.55 Å². The lowest BCUT2D eigenvalue weighted by atomic mass is 9.92. The SMILES string of the molecule is CCC(C)Cn1c(C(C)(C)C)c[nH]c1=S. The van der Waals surface area contributed by atoms with Crippen LogP contribution in [0.2, 0.25) is 0 Å². The standard InChI is InChI=1S/C12H22N2S/c1-6-9(2)8-14-10(12(3,4)5)7-13-11(14)15/h7,9H,6,8H2,1-5H3,(H,13,15). The van der Waals surface area contributed by atoms with E-state index in [1.165, 1.54) is 12.1 Å². The molecule has 2 nitrogen and oxygen atoms in total. The summed E-state index contributed by atoms with van der Waals surface area (Å²) in [5.41, 5.74) is 1.45. The first-order valence-corrected chi connectivity index (χ1v) is 6.05. The van der Waals surface area contributed by atoms with Crippen LogP contribution in [0, 0.1) is 10.7 Å². The van der Waals surface area contributed by atoms with Crippen LogP contribution in [0.4, 0.5) is 0 Å². The third kappa shape index (κ3) is 2.94. The molecular weight excluding hydrogens is 204 g/mol. The second kappa shape index (κ2) is 4.52. The Hall–Kier alpha value is -0.570. The van der Waals surface area contributed by atoms with Gasteiger partial charge in [-0.05, 0) is 18.1 Å². The predicted molar refractivity (Wildman–Crippen MR) is 67.8 cm³/mol. The minimum absolute atomic E-state index is 0.154. The Morgan fingerprint density at radius 3 is 2.53 bits per heavy atom. The van der Waals surface area contributed by atoms with Crippen molar-refractivity contribution in [1.82, 2.24) is 9.55 Å². The van der Waals surface area contributed by atoms with Crippen LogP contribution in [0.1, 0.15) is 46.7 Å². The van der Waals surface area contributed by atoms with E-state index in [-0.39, 0.29) is 5.41 Å². The number of nitrogens with one attached hydrogen (secondary N) is 1. The lowest BCUT2D eigenvalue weighted by molar-refractivity contribution is 0.428. The highest BCUT2D eigenvalue weighted by Crippen LogP contribution is 2.23. The van der Waals surface area contributed by atoms with Crippen molar-refractivity contribution in [2.75, 3.05) is 0 Å². The Morgan fingerprint density at radius 2 is 2.07 bits per heavy atom. The van der Waals surface area contributed by atoms with E-state index in [0.29, 0.717) is 5.92 Å². The molecular formula is C12H22N2S. The lowest BCUT2D eigenvalue weighted by Crippen LogP contribution is -2.19. The van der Waals surface area contributed by atoms with Crippen LogP contribution < -0.4 is 0 Å². The van der Waals surface area contributed by atoms with Gasteiger partial charge in [-0.15, -0.1) is 0 Å². The van der Waals surface area contributed by atoms with Gasteiger partial charge < -0.3 is 9.55 Å². The van der Waals surface area contributed by atoms with E-state index < -0.39 is 0 Å². The highest BCUT2D eigenvalue weighted by Gasteiger charge is 2.19. The number of hydrogen-bond acceptors (Lipinski definition) is 1. The molecule has 15 heavy (non-hydrogen) atoms. The second-order valence-electron chi connectivity index (χ2n) is 5.35. The van der Waals surface area contributed by atoms with Gasteiger partial charge in [-0.3, -0.25) is 0 Å². The largest absolute Gasteiger partial charge is 0.337 e. The van der Waals surface area contributed by atoms with E-state index in [9.17, 15) is 0 Å². The number of imidazole rings is 1. The zero-order valence-electron chi connectivity index (χ0n) is 10.4. The topological polar surface area (TPSA) is 20.7 Å². The Morgan fingerprint density at radius 1 is 1.47 bits per heavy atom. The fraction of sp³-hybridized carbons (Fsp3) is 0.750. The molecule has 0 aliphatic rings. The van der Waals surface area contributed by atoms with Gasteiger partial charge in [0.25, 0.3) is 0 Å². The van der Waals surface area contributed by atoms with Gasteiger partial charge in [0, 0.05) is 23.9 Å². The van der Waals surface area contributed by atoms with E-state index in [0.717, 1.165) is 11.3 Å². The summed E-state index contributed by atoms with van der Waals surface area (Å²) in [5.74, 6) is 0.675. The maximum absolute atomic E-state index is 5.32. The Kier molecular flexibility index (Phi) is 3.77. The first-order valence-electron chi connectivity index (χ1n) is 5.65. The summed E-state index contributed by atoms with van der Waals surface area (Å²) < 4.78 is 3.09. The number of rotatable bonds is 3. The lowest BCUT2D eigenvalue weighted by Gasteiger charge is -2.22. The van der Waals surface area contributed by atoms with Crippen LogP contribution in [0.5, 0.6) is 0 Å². The van der Waals surface area contributed by atoms with E-state index in [4.69, 9.17) is 12.2 Å². The van der Waals surface area contributed by atoms with Crippen molar-refractivity contribution in [3.8, 4) is 0 Å². The van der Waals surface area contributed by atoms with Gasteiger partial charge in [0.2, 0.25) is 0 Å². The molecule has 1 N–H and O–H groups in total. The highest BCUT2D eigenvalue weighted by molar-refractivity contribution is 7.71. The van der Waals surface area contributed by atoms with Crippen LogP contribution in [0.15, 0.2) is 6.20 Å². The van der Waals surface area contributed by atoms with Gasteiger partial charge in [0.1, 0.15) is 0 Å². The summed E-state index contributed by atoms with van der Waals surface area (Å²) >= 11 is 5.32. The molecule has 1 unspecified atom stereocenters. The third-order valence-electron chi connectivity index (χ3n) is 2.83. The molecule has 0 bridgehead atoms. The Labute approximate surface area is 97.7 Å². The molecule has 1 heterocycles. The van der Waals surface area contributed by atoms with E-state index in [1.54, 1.807) is 0 Å². The van der Waals surface area contributed by atoms with Crippen molar-refractivity contribution in [3.63, 3.8) is 0 Å². The number of aromatic amines is 1. The molecule has 1 rings (SSSR count). The van der Waals surface area contributed by atoms with Gasteiger partial charge in [-0.25, -0.2) is 0 Å². The van der Waals surface area contributed by atoms with E-state index in [1.807, 2.05) is 6.20 Å². The average Bonchev–Trinajstić information content (AvgIpc) is 2.47. The average molecular weight is 226 g/mol. The van der Waals surface area contributed by atoms with Crippen LogP contribution in [-0.2, 0) is 12.0 Å². The quantitative estimate of drug-likeness (QED) is 0.775. The predicted octanol–water partition coefficient (Wildman–Crippen LogP) is 3.89. The molecule has 0 aliphatic carbocycles. The number of hydrogen-bond donors (Lipinski definition) is 1. The number of H-pyrrole nitrogens is 1. The van der Waals surface area contributed by atoms with E-state index in [2.05, 4.69) is 44.2 Å². The van der Waals surface area contributed by atoms with Crippen molar-refractivity contribution in [1.29, 1.82) is 0 Å². The van der Waals surface area contributed by atoms with Gasteiger partial charge in [-0.1, -0.05) is 41.0 Å². The molecule has 0 aliphatic heterocycles. The molecule has 1 aromatic heterocycles. The number of nitrogens with zero attached hydrogens (tertiary/aromatic N) is 1. The van der Waals surface area contributed by atoms with Gasteiger partial charge in [0.05, 0.1) is 0 Å². The van der Waals surface area contributed by atoms with Gasteiger partial charge >= 0.3 is 0 Å². The summed E-state index contributed by atoms with van der Waals surface area (Å²) in [6, 6.07) is 0. The van der Waals surface area contributed by atoms with Crippen molar-refractivity contribution in [2.24, 2.45) is 5.92 Å². The molecule has 0 saturated heterocycles. The van der Waals surface area contributed by atoms with Crippen molar-refractivity contribution < 1.29 is 0 Å². The molecule has 0 aromatic carbocycles. The van der Waals surface area contributed by atoms with Crippen molar-refractivity contribution in [3.05, 3.63) is 16.7 Å². The first-order chi connectivity index (χ1) is 6.86. The van der Waals surface area contributed by atoms with Gasteiger partial charge in [0.15, 0.2) is 4.77 Å². The second-order valence-corrected chi connectivity index (χ2v) is 5.74. The maximum Gasteiger partial charge on any atom is 0.177 e. The van der Waals surface area contributed by atoms with Crippen LogP contribution >= 0.6 is 12.2 Å². The normalized spacial score (nSPS) is 14.2. The monoisotopic (exact) mass is 226 g/mol. The van der Waals surface area contributed by atoms with Crippen LogP contribution in [0.25, 0.3) is 0 Å². The van der Waals surface area contributed by atoms with Gasteiger partial charge in [-0.2, -0.15) is 0 Å². The molecule has 3 heteroatoms. The summed E-state index contributed by atoms with van der Waals surface area (Å²) in [6.45, 7) is 12.2. The molecule has 0 saturated carbocycles. The first kappa shape index (κ1) is 12.5. The molecule has 86 valence electrons. The summed E-state index contributed by atoms with van der Waals surface area (Å²) in [5, 5.41) is 0. The molecule has 0 fully saturated rings. The molecule has 0 amide bonds.